The first kappa shape index (κ1) is 57.8. The lowest BCUT2D eigenvalue weighted by Gasteiger charge is -2.30. The van der Waals surface area contributed by atoms with E-state index >= 15 is 8.78 Å². The van der Waals surface area contributed by atoms with E-state index < -0.39 is 65.0 Å². The van der Waals surface area contributed by atoms with Gasteiger partial charge in [-0.3, -0.25) is 4.79 Å². The van der Waals surface area contributed by atoms with E-state index in [4.69, 9.17) is 43.5 Å². The third-order valence-electron chi connectivity index (χ3n) is 13.0. The topological polar surface area (TPSA) is 184 Å². The molecular formula is C54H56Cl2F6N6O7S2. The first-order valence-electron chi connectivity index (χ1n) is 25.0. The lowest BCUT2D eigenvalue weighted by atomic mass is 10.0. The van der Waals surface area contributed by atoms with Crippen LogP contribution in [-0.2, 0) is 21.4 Å². The summed E-state index contributed by atoms with van der Waals surface area (Å²) in [6, 6.07) is 19.4. The predicted molar refractivity (Wildman–Crippen MR) is 282 cm³/mol. The smallest absolute Gasteiger partial charge is 0.385 e. The van der Waals surface area contributed by atoms with E-state index in [0.29, 0.717) is 44.3 Å². The molecule has 10 rings (SSSR count). The molecule has 2 saturated carbocycles. The highest BCUT2D eigenvalue weighted by Gasteiger charge is 2.46. The Hall–Kier alpha value is -5.36. The van der Waals surface area contributed by atoms with Crippen molar-refractivity contribution in [1.29, 1.82) is 0 Å². The van der Waals surface area contributed by atoms with Crippen molar-refractivity contribution in [1.82, 2.24) is 25.1 Å². The fraction of sp³-hybridized carbons (Fsp3) is 0.407. The number of benzene rings is 4. The first-order chi connectivity index (χ1) is 36.7. The number of aliphatic hydroxyl groups excluding tert-OH is 2. The lowest BCUT2D eigenvalue weighted by Crippen LogP contribution is -2.51. The highest BCUT2D eigenvalue weighted by atomic mass is 35.5. The molecule has 4 atom stereocenters. The number of carbonyl (C=O) groups excluding carboxylic acids is 1. The average molecular weight is 1150 g/mol. The summed E-state index contributed by atoms with van der Waals surface area (Å²) in [6.07, 6.45) is 6.95. The van der Waals surface area contributed by atoms with Gasteiger partial charge in [0.05, 0.1) is 34.4 Å². The number of alkyl halides is 4. The van der Waals surface area contributed by atoms with Gasteiger partial charge in [0.15, 0.2) is 0 Å². The van der Waals surface area contributed by atoms with Gasteiger partial charge < -0.3 is 45.6 Å². The van der Waals surface area contributed by atoms with E-state index in [9.17, 15) is 37.4 Å². The Bertz CT molecular complexity index is 2940. The number of nitrogens with two attached hydrogens (primary N) is 1. The zero-order valence-electron chi connectivity index (χ0n) is 41.3. The molecule has 412 valence electrons. The largest absolute Gasteiger partial charge is 0.489 e. The summed E-state index contributed by atoms with van der Waals surface area (Å²) in [7, 11) is 0. The van der Waals surface area contributed by atoms with Crippen LogP contribution in [-0.4, -0.2) is 111 Å². The van der Waals surface area contributed by atoms with Crippen LogP contribution in [0.25, 0.3) is 21.1 Å². The molecule has 2 aromatic heterocycles. The van der Waals surface area contributed by atoms with E-state index in [1.165, 1.54) is 61.4 Å². The number of amides is 1. The van der Waals surface area contributed by atoms with Crippen LogP contribution in [0.15, 0.2) is 95.7 Å². The molecule has 2 aliphatic carbocycles. The molecule has 4 aromatic carbocycles. The number of aromatic nitrogens is 2. The first-order valence-corrected chi connectivity index (χ1v) is 27.5. The molecule has 0 spiro atoms. The minimum Gasteiger partial charge on any atom is -0.489 e. The van der Waals surface area contributed by atoms with E-state index in [-0.39, 0.29) is 28.7 Å². The third kappa shape index (κ3) is 15.5. The van der Waals surface area contributed by atoms with Crippen LogP contribution in [0.5, 0.6) is 11.5 Å². The quantitative estimate of drug-likeness (QED) is 0.0485. The molecule has 13 nitrogen and oxygen atoms in total. The molecule has 1 unspecified atom stereocenters. The standard InChI is InChI=1S/C27H27ClF3N3O3S.C16H23ClN2O2.C11H6F3NO2S/c28-20-13-17(5-10-22(20)37-19-8-9-19)24(35)21(14-34-11-1-2-12-34)32-26(36)27(30,31)23-15-38-25(33-23)16-3-6-18(29)7-4-16;17-13-9-11(3-6-15(13)21-12-4-5-12)16(20)14(18)10-19-7-1-2-8-19;12-7-3-1-6(2-4-7)9-15-8(5-18-9)11(13,14)10(16)17/h3-7,10,13,15,19,21,24,35H,1-2,8-9,11-12,14H2,(H,32,36);3,6,9,12,14,16,20H,1-2,4-5,7-8,10,18H2;1-5H,(H,16,17)/t21-,24-;14-,16?;/m11./s1. The Kier molecular flexibility index (Phi) is 19.2. The maximum absolute atomic E-state index is 15.3. The molecule has 1 amide bonds. The molecule has 2 aliphatic heterocycles. The van der Waals surface area contributed by atoms with Gasteiger partial charge in [0.1, 0.15) is 50.6 Å². The maximum atomic E-state index is 15.3. The summed E-state index contributed by atoms with van der Waals surface area (Å²) in [5, 5.41) is 35.7. The maximum Gasteiger partial charge on any atom is 0.385 e. The molecule has 4 fully saturated rings. The van der Waals surface area contributed by atoms with E-state index in [1.807, 2.05) is 17.0 Å². The Labute approximate surface area is 458 Å². The van der Waals surface area contributed by atoms with Gasteiger partial charge in [-0.15, -0.1) is 22.7 Å². The number of rotatable bonds is 19. The highest BCUT2D eigenvalue weighted by Crippen LogP contribution is 2.38. The van der Waals surface area contributed by atoms with Crippen molar-refractivity contribution in [2.24, 2.45) is 5.73 Å². The number of ether oxygens (including phenoxy) is 2. The zero-order valence-corrected chi connectivity index (χ0v) is 44.4. The van der Waals surface area contributed by atoms with Crippen LogP contribution >= 0.6 is 45.9 Å². The van der Waals surface area contributed by atoms with Crippen molar-refractivity contribution in [2.75, 3.05) is 39.3 Å². The minimum atomic E-state index is -4.02. The van der Waals surface area contributed by atoms with Crippen LogP contribution in [0.3, 0.4) is 0 Å². The van der Waals surface area contributed by atoms with Crippen molar-refractivity contribution >= 4 is 57.8 Å². The number of aliphatic carboxylic acids is 1. The Morgan fingerprint density at radius 2 is 1.08 bits per heavy atom. The fourth-order valence-electron chi connectivity index (χ4n) is 8.41. The van der Waals surface area contributed by atoms with E-state index in [0.717, 1.165) is 110 Å². The molecule has 2 saturated heterocycles. The average Bonchev–Trinajstić information content (AvgIpc) is 4.00. The number of carboxylic acids is 1. The fourth-order valence-corrected chi connectivity index (χ4v) is 10.6. The van der Waals surface area contributed by atoms with Crippen molar-refractivity contribution < 1.29 is 60.7 Å². The van der Waals surface area contributed by atoms with Crippen LogP contribution in [0.4, 0.5) is 26.3 Å². The third-order valence-corrected chi connectivity index (χ3v) is 15.4. The second-order valence-electron chi connectivity index (χ2n) is 19.2. The molecule has 23 heteroatoms. The second-order valence-corrected chi connectivity index (χ2v) is 21.7. The van der Waals surface area contributed by atoms with Crippen LogP contribution in [0, 0.1) is 11.6 Å². The summed E-state index contributed by atoms with van der Waals surface area (Å²) in [5.74, 6) is -11.5. The molecule has 0 radical (unpaired) electrons. The van der Waals surface area contributed by atoms with Gasteiger partial charge in [-0.05, 0) is 161 Å². The minimum absolute atomic E-state index is 0.141. The number of nitrogens with zero attached hydrogens (tertiary/aromatic N) is 4. The number of carbonyl (C=O) groups is 2. The summed E-state index contributed by atoms with van der Waals surface area (Å²) in [4.78, 5) is 35.1. The van der Waals surface area contributed by atoms with Crippen molar-refractivity contribution in [3.8, 4) is 32.6 Å². The summed E-state index contributed by atoms with van der Waals surface area (Å²) >= 11 is 14.4. The molecular weight excluding hydrogens is 1090 g/mol. The Morgan fingerprint density at radius 3 is 1.49 bits per heavy atom. The van der Waals surface area contributed by atoms with Gasteiger partial charge in [-0.1, -0.05) is 35.3 Å². The zero-order chi connectivity index (χ0) is 55.0. The van der Waals surface area contributed by atoms with Gasteiger partial charge in [0, 0.05) is 41.0 Å². The number of halogens is 8. The number of aliphatic hydroxyl groups is 2. The predicted octanol–water partition coefficient (Wildman–Crippen LogP) is 11.0. The van der Waals surface area contributed by atoms with Gasteiger partial charge in [0.2, 0.25) is 0 Å². The number of hydrogen-bond acceptors (Lipinski definition) is 13. The molecule has 0 bridgehead atoms. The van der Waals surface area contributed by atoms with Gasteiger partial charge in [-0.2, -0.15) is 17.6 Å². The van der Waals surface area contributed by atoms with Gasteiger partial charge >= 0.3 is 17.8 Å². The van der Waals surface area contributed by atoms with Crippen LogP contribution in [0.2, 0.25) is 10.0 Å². The highest BCUT2D eigenvalue weighted by molar-refractivity contribution is 7.13. The number of carboxylic acid groups (broad SMARTS) is 1. The molecule has 4 aliphatic rings. The van der Waals surface area contributed by atoms with Crippen LogP contribution < -0.4 is 20.5 Å². The number of likely N-dealkylation sites (tertiary alicyclic amines) is 2. The number of nitrogens with one attached hydrogen (secondary N) is 1. The summed E-state index contributed by atoms with van der Waals surface area (Å²) in [6.45, 7) is 4.57. The normalized spacial score (nSPS) is 17.5. The van der Waals surface area contributed by atoms with Gasteiger partial charge in [0.25, 0.3) is 5.91 Å². The second kappa shape index (κ2) is 25.6. The van der Waals surface area contributed by atoms with E-state index in [1.54, 1.807) is 24.3 Å². The summed E-state index contributed by atoms with van der Waals surface area (Å²) in [5.41, 5.74) is 6.68. The van der Waals surface area contributed by atoms with Crippen LogP contribution in [0.1, 0.15) is 86.1 Å². The molecule has 77 heavy (non-hydrogen) atoms. The van der Waals surface area contributed by atoms with E-state index in [2.05, 4.69) is 20.2 Å². The molecule has 6 aromatic rings. The van der Waals surface area contributed by atoms with Crippen molar-refractivity contribution in [3.05, 3.63) is 140 Å². The molecule has 4 heterocycles. The van der Waals surface area contributed by atoms with Gasteiger partial charge in [-0.25, -0.2) is 23.5 Å². The number of thiazole rings is 2. The van der Waals surface area contributed by atoms with Crippen molar-refractivity contribution in [2.45, 2.75) is 99.7 Å². The Morgan fingerprint density at radius 1 is 0.662 bits per heavy atom. The lowest BCUT2D eigenvalue weighted by molar-refractivity contribution is -0.166. The molecule has 6 N–H and O–H groups in total. The SMILES string of the molecule is N[C@H](CN1CCCC1)C(O)c1ccc(OC2CC2)c(Cl)c1.O=C(N[C@H](CN1CCCC1)[C@H](O)c1ccc(OC2CC2)c(Cl)c1)C(F)(F)c1csc(-c2ccc(F)cc2)n1.O=C(O)C(F)(F)c1csc(-c2ccc(F)cc2)n1. The van der Waals surface area contributed by atoms with Crippen molar-refractivity contribution in [3.63, 3.8) is 0 Å². The Balaban J connectivity index is 0.000000169. The summed E-state index contributed by atoms with van der Waals surface area (Å²) < 4.78 is 94.2. The monoisotopic (exact) mass is 1150 g/mol. The number of hydrogen-bond donors (Lipinski definition) is 5.